The molecule has 0 aromatic carbocycles. The molecule has 2 aromatic rings. The first kappa shape index (κ1) is 13.5. The Morgan fingerprint density at radius 1 is 1.00 bits per heavy atom. The Balaban J connectivity index is 1.91. The second-order valence-electron chi connectivity index (χ2n) is 4.72. The summed E-state index contributed by atoms with van der Waals surface area (Å²) >= 11 is 0. The van der Waals surface area contributed by atoms with Crippen molar-refractivity contribution in [3.8, 4) is 0 Å². The lowest BCUT2D eigenvalue weighted by Gasteiger charge is -2.07. The van der Waals surface area contributed by atoms with E-state index in [2.05, 4.69) is 34.3 Å². The molecular weight excluding hydrogens is 234 g/mol. The van der Waals surface area contributed by atoms with Crippen LogP contribution in [0.5, 0.6) is 0 Å². The Bertz CT molecular complexity index is 482. The van der Waals surface area contributed by atoms with E-state index in [1.165, 1.54) is 31.2 Å². The lowest BCUT2D eigenvalue weighted by atomic mass is 10.1. The predicted molar refractivity (Wildman–Crippen MR) is 79.6 cm³/mol. The molecule has 0 saturated heterocycles. The zero-order valence-corrected chi connectivity index (χ0v) is 11.5. The minimum Gasteiger partial charge on any atom is -0.340 e. The van der Waals surface area contributed by atoms with Gasteiger partial charge in [-0.25, -0.2) is 4.98 Å². The van der Waals surface area contributed by atoms with Crippen molar-refractivity contribution in [1.82, 2.24) is 9.97 Å². The number of aromatic nitrogens is 2. The summed E-state index contributed by atoms with van der Waals surface area (Å²) in [5.74, 6) is 0.902. The highest BCUT2D eigenvalue weighted by atomic mass is 15.0. The molecular formula is C16H21N3. The van der Waals surface area contributed by atoms with Gasteiger partial charge in [-0.15, -0.1) is 0 Å². The standard InChI is InChI=1S/C16H21N3/c1-2-3-4-5-6-14-7-12-18-16(13-14)19-15-8-10-17-11-9-15/h7-13H,2-6H2,1H3,(H,17,18,19). The van der Waals surface area contributed by atoms with E-state index in [-0.39, 0.29) is 0 Å². The van der Waals surface area contributed by atoms with E-state index < -0.39 is 0 Å². The third-order valence-electron chi connectivity index (χ3n) is 3.10. The molecule has 0 spiro atoms. The van der Waals surface area contributed by atoms with Crippen molar-refractivity contribution in [2.45, 2.75) is 39.0 Å². The van der Waals surface area contributed by atoms with E-state index in [1.807, 2.05) is 18.3 Å². The number of nitrogens with one attached hydrogen (secondary N) is 1. The van der Waals surface area contributed by atoms with E-state index in [1.54, 1.807) is 12.4 Å². The fraction of sp³-hybridized carbons (Fsp3) is 0.375. The van der Waals surface area contributed by atoms with Gasteiger partial charge in [-0.3, -0.25) is 4.98 Å². The number of pyridine rings is 2. The number of rotatable bonds is 7. The highest BCUT2D eigenvalue weighted by Crippen LogP contribution is 2.15. The van der Waals surface area contributed by atoms with Gasteiger partial charge in [0.1, 0.15) is 5.82 Å². The number of unbranched alkanes of at least 4 members (excludes halogenated alkanes) is 3. The molecule has 1 N–H and O–H groups in total. The van der Waals surface area contributed by atoms with Crippen LogP contribution in [-0.4, -0.2) is 9.97 Å². The van der Waals surface area contributed by atoms with Gasteiger partial charge in [0.05, 0.1) is 0 Å². The Morgan fingerprint density at radius 2 is 1.84 bits per heavy atom. The predicted octanol–water partition coefficient (Wildman–Crippen LogP) is 4.34. The van der Waals surface area contributed by atoms with Crippen molar-refractivity contribution in [1.29, 1.82) is 0 Å². The molecule has 0 aliphatic rings. The molecule has 0 atom stereocenters. The Kier molecular flexibility index (Phi) is 5.35. The smallest absolute Gasteiger partial charge is 0.130 e. The maximum Gasteiger partial charge on any atom is 0.130 e. The van der Waals surface area contributed by atoms with Gasteiger partial charge in [0.2, 0.25) is 0 Å². The minimum absolute atomic E-state index is 0.902. The van der Waals surface area contributed by atoms with Gasteiger partial charge in [0, 0.05) is 24.3 Å². The molecule has 2 heterocycles. The molecule has 19 heavy (non-hydrogen) atoms. The topological polar surface area (TPSA) is 37.8 Å². The number of hydrogen-bond donors (Lipinski definition) is 1. The van der Waals surface area contributed by atoms with Gasteiger partial charge in [0.15, 0.2) is 0 Å². The van der Waals surface area contributed by atoms with E-state index in [9.17, 15) is 0 Å². The summed E-state index contributed by atoms with van der Waals surface area (Å²) < 4.78 is 0. The summed E-state index contributed by atoms with van der Waals surface area (Å²) in [6, 6.07) is 8.11. The van der Waals surface area contributed by atoms with Crippen LogP contribution >= 0.6 is 0 Å². The molecule has 2 aromatic heterocycles. The first-order valence-corrected chi connectivity index (χ1v) is 7.00. The number of nitrogens with zero attached hydrogens (tertiary/aromatic N) is 2. The highest BCUT2D eigenvalue weighted by molar-refractivity contribution is 5.55. The van der Waals surface area contributed by atoms with Crippen molar-refractivity contribution in [3.05, 3.63) is 48.4 Å². The highest BCUT2D eigenvalue weighted by Gasteiger charge is 1.98. The SMILES string of the molecule is CCCCCCc1ccnc(Nc2ccncc2)c1. The Labute approximate surface area is 115 Å². The zero-order chi connectivity index (χ0) is 13.3. The summed E-state index contributed by atoms with van der Waals surface area (Å²) in [4.78, 5) is 8.35. The average Bonchev–Trinajstić information content (AvgIpc) is 2.45. The molecule has 0 radical (unpaired) electrons. The van der Waals surface area contributed by atoms with Crippen LogP contribution in [0, 0.1) is 0 Å². The largest absolute Gasteiger partial charge is 0.340 e. The van der Waals surface area contributed by atoms with Crippen LogP contribution in [0.1, 0.15) is 38.2 Å². The van der Waals surface area contributed by atoms with Crippen LogP contribution in [0.4, 0.5) is 11.5 Å². The van der Waals surface area contributed by atoms with Crippen LogP contribution in [0.15, 0.2) is 42.9 Å². The van der Waals surface area contributed by atoms with E-state index in [4.69, 9.17) is 0 Å². The van der Waals surface area contributed by atoms with Crippen LogP contribution < -0.4 is 5.32 Å². The minimum atomic E-state index is 0.902. The quantitative estimate of drug-likeness (QED) is 0.748. The van der Waals surface area contributed by atoms with Crippen LogP contribution in [0.2, 0.25) is 0 Å². The molecule has 0 unspecified atom stereocenters. The van der Waals surface area contributed by atoms with E-state index >= 15 is 0 Å². The molecule has 2 rings (SSSR count). The third-order valence-corrected chi connectivity index (χ3v) is 3.10. The van der Waals surface area contributed by atoms with Gasteiger partial charge in [-0.2, -0.15) is 0 Å². The van der Waals surface area contributed by atoms with Crippen molar-refractivity contribution in [2.75, 3.05) is 5.32 Å². The summed E-state index contributed by atoms with van der Waals surface area (Å²) in [6.07, 6.45) is 11.7. The molecule has 0 fully saturated rings. The van der Waals surface area contributed by atoms with Crippen molar-refractivity contribution in [3.63, 3.8) is 0 Å². The van der Waals surface area contributed by atoms with Gasteiger partial charge in [-0.05, 0) is 42.7 Å². The molecule has 3 nitrogen and oxygen atoms in total. The number of aryl methyl sites for hydroxylation is 1. The van der Waals surface area contributed by atoms with E-state index in [0.29, 0.717) is 0 Å². The summed E-state index contributed by atoms with van der Waals surface area (Å²) in [7, 11) is 0. The molecule has 0 aliphatic heterocycles. The zero-order valence-electron chi connectivity index (χ0n) is 11.5. The third kappa shape index (κ3) is 4.70. The van der Waals surface area contributed by atoms with Crippen LogP contribution in [-0.2, 0) is 6.42 Å². The molecule has 0 saturated carbocycles. The second-order valence-corrected chi connectivity index (χ2v) is 4.72. The van der Waals surface area contributed by atoms with Crippen LogP contribution in [0.3, 0.4) is 0 Å². The van der Waals surface area contributed by atoms with Gasteiger partial charge >= 0.3 is 0 Å². The number of hydrogen-bond acceptors (Lipinski definition) is 3. The van der Waals surface area contributed by atoms with Crippen molar-refractivity contribution >= 4 is 11.5 Å². The maximum absolute atomic E-state index is 4.35. The monoisotopic (exact) mass is 255 g/mol. The fourth-order valence-corrected chi connectivity index (χ4v) is 2.04. The molecule has 0 aliphatic carbocycles. The average molecular weight is 255 g/mol. The molecule has 3 heteroatoms. The molecule has 100 valence electrons. The Morgan fingerprint density at radius 3 is 2.63 bits per heavy atom. The van der Waals surface area contributed by atoms with Gasteiger partial charge < -0.3 is 5.32 Å². The van der Waals surface area contributed by atoms with E-state index in [0.717, 1.165) is 17.9 Å². The normalized spacial score (nSPS) is 10.4. The molecule has 0 bridgehead atoms. The number of anilines is 2. The lowest BCUT2D eigenvalue weighted by molar-refractivity contribution is 0.666. The second kappa shape index (κ2) is 7.52. The van der Waals surface area contributed by atoms with Gasteiger partial charge in [-0.1, -0.05) is 26.2 Å². The summed E-state index contributed by atoms with van der Waals surface area (Å²) in [6.45, 7) is 2.24. The maximum atomic E-state index is 4.35. The summed E-state index contributed by atoms with van der Waals surface area (Å²) in [5, 5.41) is 3.29. The first-order chi connectivity index (χ1) is 9.38. The summed E-state index contributed by atoms with van der Waals surface area (Å²) in [5.41, 5.74) is 2.37. The fourth-order valence-electron chi connectivity index (χ4n) is 2.04. The lowest BCUT2D eigenvalue weighted by Crippen LogP contribution is -1.95. The first-order valence-electron chi connectivity index (χ1n) is 7.00. The molecule has 0 amide bonds. The van der Waals surface area contributed by atoms with Crippen LogP contribution in [0.25, 0.3) is 0 Å². The van der Waals surface area contributed by atoms with Crippen molar-refractivity contribution in [2.24, 2.45) is 0 Å². The van der Waals surface area contributed by atoms with Gasteiger partial charge in [0.25, 0.3) is 0 Å². The Hall–Kier alpha value is -1.90. The van der Waals surface area contributed by atoms with Crippen molar-refractivity contribution < 1.29 is 0 Å².